The van der Waals surface area contributed by atoms with Crippen LogP contribution in [0.3, 0.4) is 0 Å². The highest BCUT2D eigenvalue weighted by Crippen LogP contribution is 2.54. The van der Waals surface area contributed by atoms with Crippen molar-refractivity contribution in [1.82, 2.24) is 0 Å². The van der Waals surface area contributed by atoms with Gasteiger partial charge in [0.1, 0.15) is 5.78 Å². The highest BCUT2D eigenvalue weighted by Gasteiger charge is 2.58. The Morgan fingerprint density at radius 3 is 2.57 bits per heavy atom. The van der Waals surface area contributed by atoms with Crippen LogP contribution >= 0.6 is 0 Å². The molecule has 0 saturated heterocycles. The van der Waals surface area contributed by atoms with Gasteiger partial charge >= 0.3 is 0 Å². The molecule has 0 aromatic heterocycles. The molecule has 0 radical (unpaired) electrons. The fourth-order valence-electron chi connectivity index (χ4n) is 2.00. The lowest BCUT2D eigenvalue weighted by Gasteiger charge is -2.06. The van der Waals surface area contributed by atoms with E-state index in [0.29, 0.717) is 6.42 Å². The molecule has 1 aromatic carbocycles. The van der Waals surface area contributed by atoms with Crippen LogP contribution in [0.2, 0.25) is 0 Å². The van der Waals surface area contributed by atoms with Gasteiger partial charge in [0.15, 0.2) is 0 Å². The van der Waals surface area contributed by atoms with E-state index in [2.05, 4.69) is 6.07 Å². The van der Waals surface area contributed by atoms with E-state index in [-0.39, 0.29) is 11.7 Å². The van der Waals surface area contributed by atoms with Gasteiger partial charge in [0.05, 0.1) is 11.5 Å². The largest absolute Gasteiger partial charge is 0.300 e. The number of hydrogen-bond acceptors (Lipinski definition) is 2. The lowest BCUT2D eigenvalue weighted by Crippen LogP contribution is -2.11. The molecule has 1 aromatic rings. The minimum Gasteiger partial charge on any atom is -0.300 e. The van der Waals surface area contributed by atoms with E-state index in [4.69, 9.17) is 5.26 Å². The third-order valence-corrected chi connectivity index (χ3v) is 2.94. The maximum Gasteiger partial charge on any atom is 0.134 e. The Morgan fingerprint density at radius 1 is 1.50 bits per heavy atom. The van der Waals surface area contributed by atoms with Crippen molar-refractivity contribution in [2.45, 2.75) is 18.8 Å². The monoisotopic (exact) mass is 185 g/mol. The van der Waals surface area contributed by atoms with Crippen LogP contribution in [0.15, 0.2) is 30.3 Å². The van der Waals surface area contributed by atoms with Crippen molar-refractivity contribution in [3.05, 3.63) is 35.9 Å². The van der Waals surface area contributed by atoms with E-state index in [1.165, 1.54) is 0 Å². The molecule has 70 valence electrons. The minimum atomic E-state index is -0.521. The van der Waals surface area contributed by atoms with Crippen LogP contribution in [0.25, 0.3) is 0 Å². The van der Waals surface area contributed by atoms with E-state index < -0.39 is 5.41 Å². The molecule has 0 N–H and O–H groups in total. The molecule has 2 nitrogen and oxygen atoms in total. The highest BCUT2D eigenvalue weighted by molar-refractivity contribution is 5.85. The Bertz CT molecular complexity index is 404. The van der Waals surface area contributed by atoms with Crippen molar-refractivity contribution < 1.29 is 4.79 Å². The van der Waals surface area contributed by atoms with Gasteiger partial charge in [0.25, 0.3) is 0 Å². The smallest absolute Gasteiger partial charge is 0.134 e. The van der Waals surface area contributed by atoms with Gasteiger partial charge in [-0.05, 0) is 18.9 Å². The van der Waals surface area contributed by atoms with Crippen LogP contribution < -0.4 is 0 Å². The molecule has 0 amide bonds. The molecule has 1 aliphatic rings. The average molecular weight is 185 g/mol. The molecule has 1 saturated carbocycles. The zero-order valence-corrected chi connectivity index (χ0v) is 8.03. The second-order valence-electron chi connectivity index (χ2n) is 3.82. The third kappa shape index (κ3) is 1.13. The summed E-state index contributed by atoms with van der Waals surface area (Å²) in [4.78, 5) is 11.2. The van der Waals surface area contributed by atoms with Crippen LogP contribution in [0.5, 0.6) is 0 Å². The van der Waals surface area contributed by atoms with Crippen LogP contribution in [0.4, 0.5) is 0 Å². The summed E-state index contributed by atoms with van der Waals surface area (Å²) in [7, 11) is 0. The molecule has 14 heavy (non-hydrogen) atoms. The molecular weight excluding hydrogens is 174 g/mol. The number of Topliss-reactive ketones (excluding diaryl/α,β-unsaturated/α-hetero) is 1. The van der Waals surface area contributed by atoms with Crippen molar-refractivity contribution >= 4 is 5.78 Å². The SMILES string of the molecule is CC(=O)[C@H]1C[C@@]1(C#N)c1ccccc1. The van der Waals surface area contributed by atoms with Crippen LogP contribution in [-0.4, -0.2) is 5.78 Å². The molecule has 0 aliphatic heterocycles. The summed E-state index contributed by atoms with van der Waals surface area (Å²) >= 11 is 0. The number of nitrogens with zero attached hydrogens (tertiary/aromatic N) is 1. The highest BCUT2D eigenvalue weighted by atomic mass is 16.1. The Balaban J connectivity index is 2.36. The topological polar surface area (TPSA) is 40.9 Å². The van der Waals surface area contributed by atoms with Crippen molar-refractivity contribution in [3.63, 3.8) is 0 Å². The predicted molar refractivity (Wildman–Crippen MR) is 52.5 cm³/mol. The van der Waals surface area contributed by atoms with Crippen LogP contribution in [-0.2, 0) is 10.2 Å². The van der Waals surface area contributed by atoms with Gasteiger partial charge < -0.3 is 0 Å². The van der Waals surface area contributed by atoms with Crippen molar-refractivity contribution in [3.8, 4) is 6.07 Å². The Labute approximate surface area is 83.2 Å². The van der Waals surface area contributed by atoms with Gasteiger partial charge in [0, 0.05) is 5.92 Å². The number of nitriles is 1. The third-order valence-electron chi connectivity index (χ3n) is 2.94. The molecule has 1 aliphatic carbocycles. The van der Waals surface area contributed by atoms with E-state index in [1.807, 2.05) is 30.3 Å². The maximum atomic E-state index is 11.2. The van der Waals surface area contributed by atoms with E-state index in [1.54, 1.807) is 6.92 Å². The van der Waals surface area contributed by atoms with E-state index in [0.717, 1.165) is 5.56 Å². The Morgan fingerprint density at radius 2 is 2.14 bits per heavy atom. The minimum absolute atomic E-state index is 0.0881. The second-order valence-corrected chi connectivity index (χ2v) is 3.82. The van der Waals surface area contributed by atoms with Crippen molar-refractivity contribution in [2.24, 2.45) is 5.92 Å². The number of ketones is 1. The summed E-state index contributed by atoms with van der Waals surface area (Å²) < 4.78 is 0. The molecular formula is C12H11NO. The number of carbonyl (C=O) groups excluding carboxylic acids is 1. The Kier molecular flexibility index (Phi) is 1.89. The zero-order valence-electron chi connectivity index (χ0n) is 8.03. The van der Waals surface area contributed by atoms with Crippen molar-refractivity contribution in [1.29, 1.82) is 5.26 Å². The van der Waals surface area contributed by atoms with Crippen molar-refractivity contribution in [2.75, 3.05) is 0 Å². The summed E-state index contributed by atoms with van der Waals surface area (Å²) in [6.07, 6.45) is 0.683. The first kappa shape index (κ1) is 8.96. The van der Waals surface area contributed by atoms with E-state index in [9.17, 15) is 4.79 Å². The normalized spacial score (nSPS) is 29.3. The second kappa shape index (κ2) is 2.95. The quantitative estimate of drug-likeness (QED) is 0.707. The van der Waals surface area contributed by atoms with Gasteiger partial charge in [0.2, 0.25) is 0 Å². The fourth-order valence-corrected chi connectivity index (χ4v) is 2.00. The van der Waals surface area contributed by atoms with Gasteiger partial charge in [-0.1, -0.05) is 30.3 Å². The molecule has 2 atom stereocenters. The summed E-state index contributed by atoms with van der Waals surface area (Å²) in [5, 5.41) is 9.13. The summed E-state index contributed by atoms with van der Waals surface area (Å²) in [5.74, 6) is 0.0327. The van der Waals surface area contributed by atoms with Gasteiger partial charge in [-0.3, -0.25) is 4.79 Å². The number of carbonyl (C=O) groups is 1. The van der Waals surface area contributed by atoms with E-state index >= 15 is 0 Å². The lowest BCUT2D eigenvalue weighted by atomic mass is 9.94. The number of hydrogen-bond donors (Lipinski definition) is 0. The molecule has 0 bridgehead atoms. The summed E-state index contributed by atoms with van der Waals surface area (Å²) in [6, 6.07) is 11.9. The molecule has 0 heterocycles. The number of benzene rings is 1. The standard InChI is InChI=1S/C12H11NO/c1-9(14)11-7-12(11,8-13)10-5-3-2-4-6-10/h2-6,11H,7H2,1H3/t11-,12-/m1/s1. The van der Waals surface area contributed by atoms with Crippen LogP contribution in [0.1, 0.15) is 18.9 Å². The molecule has 0 unspecified atom stereocenters. The van der Waals surface area contributed by atoms with Gasteiger partial charge in [-0.25, -0.2) is 0 Å². The number of rotatable bonds is 2. The molecule has 0 spiro atoms. The van der Waals surface area contributed by atoms with Crippen LogP contribution in [0, 0.1) is 17.2 Å². The summed E-state index contributed by atoms with van der Waals surface area (Å²) in [6.45, 7) is 1.56. The molecule has 1 fully saturated rings. The van der Waals surface area contributed by atoms with Gasteiger partial charge in [-0.15, -0.1) is 0 Å². The first-order chi connectivity index (χ1) is 6.70. The van der Waals surface area contributed by atoms with Gasteiger partial charge in [-0.2, -0.15) is 5.26 Å². The average Bonchev–Trinajstić information content (AvgIpc) is 2.95. The first-order valence-corrected chi connectivity index (χ1v) is 4.68. The fraction of sp³-hybridized carbons (Fsp3) is 0.333. The molecule has 2 rings (SSSR count). The zero-order chi connectivity index (χ0) is 10.2. The Hall–Kier alpha value is -1.62. The lowest BCUT2D eigenvalue weighted by molar-refractivity contribution is -0.118. The first-order valence-electron chi connectivity index (χ1n) is 4.68. The molecule has 2 heteroatoms. The summed E-state index contributed by atoms with van der Waals surface area (Å²) in [5.41, 5.74) is 0.454. The predicted octanol–water partition coefficient (Wildman–Crippen LogP) is 2.06. The maximum absolute atomic E-state index is 11.2.